The maximum atomic E-state index is 14.2. The third kappa shape index (κ3) is 4.65. The smallest absolute Gasteiger partial charge is 0.323 e. The van der Waals surface area contributed by atoms with Crippen LogP contribution in [-0.4, -0.2) is 45.9 Å². The van der Waals surface area contributed by atoms with Gasteiger partial charge in [0.1, 0.15) is 17.8 Å². The van der Waals surface area contributed by atoms with Gasteiger partial charge in [0.15, 0.2) is 5.78 Å². The Morgan fingerprint density at radius 2 is 1.88 bits per heavy atom. The molecule has 4 rings (SSSR count). The van der Waals surface area contributed by atoms with Crippen molar-refractivity contribution in [3.05, 3.63) is 70.4 Å². The summed E-state index contributed by atoms with van der Waals surface area (Å²) < 4.78 is 43.3. The lowest BCUT2D eigenvalue weighted by atomic mass is 10.0. The molecule has 1 aliphatic rings. The summed E-state index contributed by atoms with van der Waals surface area (Å²) in [5.41, 5.74) is 6.29. The first-order chi connectivity index (χ1) is 16.2. The molecule has 1 fully saturated rings. The van der Waals surface area contributed by atoms with Crippen molar-refractivity contribution in [2.45, 2.75) is 37.9 Å². The van der Waals surface area contributed by atoms with Crippen LogP contribution in [0.4, 0.5) is 18.0 Å². The number of ketones is 1. The number of nitrogens with two attached hydrogens (primary N) is 1. The zero-order valence-corrected chi connectivity index (χ0v) is 18.7. The Balaban J connectivity index is 1.52. The van der Waals surface area contributed by atoms with Crippen molar-refractivity contribution in [2.24, 2.45) is 5.73 Å². The van der Waals surface area contributed by atoms with Gasteiger partial charge in [0.25, 0.3) is 0 Å². The Morgan fingerprint density at radius 3 is 2.62 bits per heavy atom. The summed E-state index contributed by atoms with van der Waals surface area (Å²) >= 11 is 5.77. The van der Waals surface area contributed by atoms with E-state index in [0.717, 1.165) is 9.47 Å². The van der Waals surface area contributed by atoms with E-state index in [-0.39, 0.29) is 42.8 Å². The zero-order valence-electron chi connectivity index (χ0n) is 17.9. The molecule has 0 spiro atoms. The fourth-order valence-electron chi connectivity index (χ4n) is 4.39. The fourth-order valence-corrected chi connectivity index (χ4v) is 4.58. The molecule has 2 N–H and O–H groups in total. The van der Waals surface area contributed by atoms with Crippen LogP contribution in [0.15, 0.2) is 42.6 Å². The second kappa shape index (κ2) is 9.50. The predicted octanol–water partition coefficient (Wildman–Crippen LogP) is 4.18. The minimum atomic E-state index is -1.38. The van der Waals surface area contributed by atoms with E-state index < -0.39 is 41.6 Å². The number of carbonyl (C=O) groups is 3. The van der Waals surface area contributed by atoms with Gasteiger partial charge in [0.2, 0.25) is 5.91 Å². The van der Waals surface area contributed by atoms with Gasteiger partial charge < -0.3 is 10.6 Å². The van der Waals surface area contributed by atoms with Crippen LogP contribution in [0.3, 0.4) is 0 Å². The number of fused-ring (bicyclic) bond motifs is 1. The second-order valence-corrected chi connectivity index (χ2v) is 8.68. The van der Waals surface area contributed by atoms with E-state index in [1.54, 1.807) is 6.07 Å². The molecule has 0 radical (unpaired) electrons. The van der Waals surface area contributed by atoms with Crippen LogP contribution >= 0.6 is 11.6 Å². The highest BCUT2D eigenvalue weighted by Crippen LogP contribution is 2.27. The number of primary amides is 1. The number of amides is 2. The van der Waals surface area contributed by atoms with E-state index in [0.29, 0.717) is 16.5 Å². The molecule has 34 heavy (non-hydrogen) atoms. The number of alkyl halides is 1. The van der Waals surface area contributed by atoms with Gasteiger partial charge in [-0.15, -0.1) is 0 Å². The number of halogens is 4. The van der Waals surface area contributed by atoms with Crippen molar-refractivity contribution < 1.29 is 27.6 Å². The Hall–Kier alpha value is -3.33. The van der Waals surface area contributed by atoms with E-state index in [4.69, 9.17) is 17.3 Å². The molecule has 0 unspecified atom stereocenters. The van der Waals surface area contributed by atoms with Gasteiger partial charge >= 0.3 is 6.03 Å². The van der Waals surface area contributed by atoms with E-state index >= 15 is 0 Å². The largest absolute Gasteiger partial charge is 0.351 e. The quantitative estimate of drug-likeness (QED) is 0.561. The summed E-state index contributed by atoms with van der Waals surface area (Å²) in [5, 5.41) is 0.264. The molecule has 178 valence electrons. The SMILES string of the molecule is NC(=O)n1cc(CC(=O)N2C[C@H](F)C[C@H]2C(=O)CCc2cccc(Cl)c2F)c2cc(F)ccc21. The molecule has 6 nitrogen and oxygen atoms in total. The number of nitrogens with zero attached hydrogens (tertiary/aromatic N) is 2. The third-order valence-corrected chi connectivity index (χ3v) is 6.33. The number of aromatic nitrogens is 1. The van der Waals surface area contributed by atoms with Gasteiger partial charge in [-0.05, 0) is 41.8 Å². The first-order valence-corrected chi connectivity index (χ1v) is 11.0. The third-order valence-electron chi connectivity index (χ3n) is 6.04. The highest BCUT2D eigenvalue weighted by atomic mass is 35.5. The lowest BCUT2D eigenvalue weighted by Gasteiger charge is -2.23. The van der Waals surface area contributed by atoms with Gasteiger partial charge in [-0.2, -0.15) is 0 Å². The monoisotopic (exact) mass is 491 g/mol. The Kier molecular flexibility index (Phi) is 6.65. The summed E-state index contributed by atoms with van der Waals surface area (Å²) in [6, 6.07) is 6.40. The van der Waals surface area contributed by atoms with Crippen LogP contribution in [0.2, 0.25) is 5.02 Å². The lowest BCUT2D eigenvalue weighted by Crippen LogP contribution is -2.41. The highest BCUT2D eigenvalue weighted by Gasteiger charge is 2.39. The second-order valence-electron chi connectivity index (χ2n) is 8.27. The maximum absolute atomic E-state index is 14.2. The average molecular weight is 492 g/mol. The van der Waals surface area contributed by atoms with Crippen molar-refractivity contribution in [1.29, 1.82) is 0 Å². The molecule has 1 aromatic heterocycles. The van der Waals surface area contributed by atoms with E-state index in [2.05, 4.69) is 0 Å². The maximum Gasteiger partial charge on any atom is 0.323 e. The van der Waals surface area contributed by atoms with Crippen LogP contribution < -0.4 is 5.73 Å². The number of rotatable bonds is 6. The Bertz CT molecular complexity index is 1290. The summed E-state index contributed by atoms with van der Waals surface area (Å²) in [4.78, 5) is 38.8. The van der Waals surface area contributed by atoms with E-state index in [9.17, 15) is 27.6 Å². The molecule has 3 aromatic rings. The van der Waals surface area contributed by atoms with Crippen molar-refractivity contribution >= 4 is 40.2 Å². The number of hydrogen-bond acceptors (Lipinski definition) is 3. The van der Waals surface area contributed by atoms with Gasteiger partial charge in [-0.3, -0.25) is 14.2 Å². The van der Waals surface area contributed by atoms with Gasteiger partial charge in [-0.25, -0.2) is 18.0 Å². The van der Waals surface area contributed by atoms with Crippen LogP contribution in [0.25, 0.3) is 10.9 Å². The van der Waals surface area contributed by atoms with Crippen molar-refractivity contribution in [3.63, 3.8) is 0 Å². The number of Topliss-reactive ketones (excluding diaryl/α,β-unsaturated/α-hetero) is 1. The number of aryl methyl sites for hydroxylation is 1. The predicted molar refractivity (Wildman–Crippen MR) is 120 cm³/mol. The van der Waals surface area contributed by atoms with Crippen LogP contribution in [-0.2, 0) is 22.4 Å². The van der Waals surface area contributed by atoms with Gasteiger partial charge in [0.05, 0.1) is 29.5 Å². The van der Waals surface area contributed by atoms with Gasteiger partial charge in [0, 0.05) is 24.4 Å². The summed E-state index contributed by atoms with van der Waals surface area (Å²) in [5.74, 6) is -2.11. The Labute approximate surface area is 198 Å². The summed E-state index contributed by atoms with van der Waals surface area (Å²) in [6.07, 6.45) is -0.506. The first-order valence-electron chi connectivity index (χ1n) is 10.6. The highest BCUT2D eigenvalue weighted by molar-refractivity contribution is 6.30. The molecular weight excluding hydrogens is 471 g/mol. The molecule has 0 aliphatic carbocycles. The molecule has 2 heterocycles. The number of benzene rings is 2. The summed E-state index contributed by atoms with van der Waals surface area (Å²) in [6.45, 7) is -0.260. The molecule has 2 aromatic carbocycles. The average Bonchev–Trinajstić information content (AvgIpc) is 3.35. The van der Waals surface area contributed by atoms with Gasteiger partial charge in [-0.1, -0.05) is 23.7 Å². The molecule has 2 atom stereocenters. The normalized spacial score (nSPS) is 17.9. The minimum Gasteiger partial charge on any atom is -0.351 e. The van der Waals surface area contributed by atoms with Crippen LogP contribution in [0.5, 0.6) is 0 Å². The molecule has 1 aliphatic heterocycles. The van der Waals surface area contributed by atoms with Crippen molar-refractivity contribution in [1.82, 2.24) is 9.47 Å². The van der Waals surface area contributed by atoms with E-state index in [1.807, 2.05) is 0 Å². The van der Waals surface area contributed by atoms with E-state index in [1.165, 1.54) is 36.5 Å². The zero-order chi connectivity index (χ0) is 24.6. The number of carbonyl (C=O) groups excluding carboxylic acids is 3. The molecular formula is C24H21ClF3N3O3. The van der Waals surface area contributed by atoms with Crippen molar-refractivity contribution in [2.75, 3.05) is 6.54 Å². The minimum absolute atomic E-state index is 0.0574. The molecule has 2 amide bonds. The Morgan fingerprint density at radius 1 is 1.12 bits per heavy atom. The number of hydrogen-bond donors (Lipinski definition) is 1. The summed E-state index contributed by atoms with van der Waals surface area (Å²) in [7, 11) is 0. The van der Waals surface area contributed by atoms with Crippen LogP contribution in [0, 0.1) is 11.6 Å². The fraction of sp³-hybridized carbons (Fsp3) is 0.292. The molecule has 0 bridgehead atoms. The van der Waals surface area contributed by atoms with Crippen molar-refractivity contribution in [3.8, 4) is 0 Å². The van der Waals surface area contributed by atoms with Crippen LogP contribution in [0.1, 0.15) is 24.0 Å². The molecule has 10 heteroatoms. The topological polar surface area (TPSA) is 85.4 Å². The molecule has 1 saturated heterocycles. The number of likely N-dealkylation sites (tertiary alicyclic amines) is 1. The molecule has 0 saturated carbocycles. The lowest BCUT2D eigenvalue weighted by molar-refractivity contribution is -0.137. The standard InChI is InChI=1S/C24H21ClF3N3O3/c25-18-3-1-2-13(23(18)28)4-7-21(32)20-10-16(27)12-30(20)22(33)8-14-11-31(24(29)34)19-6-5-15(26)9-17(14)19/h1-3,5-6,9,11,16,20H,4,7-8,10,12H2,(H2,29,34)/t16-,20+/m1/s1. The first kappa shape index (κ1) is 23.8.